The predicted molar refractivity (Wildman–Crippen MR) is 73.2 cm³/mol. The van der Waals surface area contributed by atoms with Crippen molar-refractivity contribution in [2.24, 2.45) is 0 Å². The summed E-state index contributed by atoms with van der Waals surface area (Å²) in [6.07, 6.45) is 0. The summed E-state index contributed by atoms with van der Waals surface area (Å²) in [7, 11) is 0. The SMILES string of the molecule is N#Cc1cccc(C2=C(c3cccs3)C(=O)OC2)c1. The predicted octanol–water partition coefficient (Wildman–Crippen LogP) is 3.09. The van der Waals surface area contributed by atoms with Gasteiger partial charge in [-0.15, -0.1) is 11.3 Å². The molecule has 0 N–H and O–H groups in total. The maximum atomic E-state index is 11.9. The molecule has 0 saturated heterocycles. The Kier molecular flexibility index (Phi) is 2.90. The van der Waals surface area contributed by atoms with Gasteiger partial charge in [0, 0.05) is 10.5 Å². The first-order valence-corrected chi connectivity index (χ1v) is 6.62. The second kappa shape index (κ2) is 4.71. The Morgan fingerprint density at radius 2 is 2.16 bits per heavy atom. The van der Waals surface area contributed by atoms with Crippen molar-refractivity contribution in [1.29, 1.82) is 5.26 Å². The fourth-order valence-electron chi connectivity index (χ4n) is 2.08. The van der Waals surface area contributed by atoms with Crippen molar-refractivity contribution >= 4 is 28.5 Å². The maximum absolute atomic E-state index is 11.9. The van der Waals surface area contributed by atoms with E-state index in [9.17, 15) is 4.79 Å². The number of hydrogen-bond acceptors (Lipinski definition) is 4. The van der Waals surface area contributed by atoms with Gasteiger partial charge in [-0.25, -0.2) is 4.79 Å². The quantitative estimate of drug-likeness (QED) is 0.786. The molecule has 0 saturated carbocycles. The van der Waals surface area contributed by atoms with Gasteiger partial charge in [0.15, 0.2) is 0 Å². The van der Waals surface area contributed by atoms with Crippen molar-refractivity contribution in [2.45, 2.75) is 0 Å². The van der Waals surface area contributed by atoms with E-state index < -0.39 is 0 Å². The van der Waals surface area contributed by atoms with E-state index in [1.807, 2.05) is 29.6 Å². The average Bonchev–Trinajstić information content (AvgIpc) is 3.07. The molecule has 3 rings (SSSR count). The minimum absolute atomic E-state index is 0.265. The minimum Gasteiger partial charge on any atom is -0.457 e. The third kappa shape index (κ3) is 2.05. The smallest absolute Gasteiger partial charge is 0.340 e. The first-order valence-electron chi connectivity index (χ1n) is 5.74. The third-order valence-electron chi connectivity index (χ3n) is 2.96. The van der Waals surface area contributed by atoms with Gasteiger partial charge < -0.3 is 4.74 Å². The van der Waals surface area contributed by atoms with Gasteiger partial charge in [0.05, 0.1) is 17.2 Å². The van der Waals surface area contributed by atoms with Crippen LogP contribution in [0.3, 0.4) is 0 Å². The lowest BCUT2D eigenvalue weighted by Gasteiger charge is -2.03. The van der Waals surface area contributed by atoms with Gasteiger partial charge in [0.25, 0.3) is 0 Å². The van der Waals surface area contributed by atoms with Gasteiger partial charge in [-0.3, -0.25) is 0 Å². The molecule has 0 fully saturated rings. The van der Waals surface area contributed by atoms with Crippen LogP contribution in [0.4, 0.5) is 0 Å². The first-order chi connectivity index (χ1) is 9.29. The van der Waals surface area contributed by atoms with Crippen LogP contribution < -0.4 is 0 Å². The van der Waals surface area contributed by atoms with E-state index >= 15 is 0 Å². The molecule has 1 aromatic carbocycles. The standard InChI is InChI=1S/C15H9NO2S/c16-8-10-3-1-4-11(7-10)12-9-18-15(17)14(12)13-5-2-6-19-13/h1-7H,9H2. The molecule has 1 aromatic heterocycles. The van der Waals surface area contributed by atoms with Crippen molar-refractivity contribution < 1.29 is 9.53 Å². The highest BCUT2D eigenvalue weighted by Crippen LogP contribution is 2.35. The van der Waals surface area contributed by atoms with Crippen LogP contribution in [0.15, 0.2) is 41.8 Å². The number of rotatable bonds is 2. The summed E-state index contributed by atoms with van der Waals surface area (Å²) >= 11 is 1.51. The van der Waals surface area contributed by atoms with Gasteiger partial charge in [-0.05, 0) is 29.1 Å². The van der Waals surface area contributed by atoms with E-state index in [2.05, 4.69) is 6.07 Å². The lowest BCUT2D eigenvalue weighted by Crippen LogP contribution is -1.96. The molecule has 1 aliphatic rings. The maximum Gasteiger partial charge on any atom is 0.340 e. The number of thiophene rings is 1. The van der Waals surface area contributed by atoms with Crippen molar-refractivity contribution in [3.05, 3.63) is 57.8 Å². The van der Waals surface area contributed by atoms with Crippen molar-refractivity contribution in [3.63, 3.8) is 0 Å². The molecule has 3 nitrogen and oxygen atoms in total. The molecule has 2 heterocycles. The summed E-state index contributed by atoms with van der Waals surface area (Å²) in [5.74, 6) is -0.292. The van der Waals surface area contributed by atoms with Gasteiger partial charge in [0.1, 0.15) is 6.61 Å². The molecule has 1 aliphatic heterocycles. The number of carbonyl (C=O) groups excluding carboxylic acids is 1. The number of cyclic esters (lactones) is 1. The molecule has 0 aliphatic carbocycles. The zero-order chi connectivity index (χ0) is 13.2. The van der Waals surface area contributed by atoms with Crippen LogP contribution in [0.2, 0.25) is 0 Å². The zero-order valence-electron chi connectivity index (χ0n) is 9.92. The Balaban J connectivity index is 2.16. The minimum atomic E-state index is -0.292. The highest BCUT2D eigenvalue weighted by atomic mass is 32.1. The fourth-order valence-corrected chi connectivity index (χ4v) is 2.86. The van der Waals surface area contributed by atoms with E-state index in [0.29, 0.717) is 11.1 Å². The van der Waals surface area contributed by atoms with Crippen molar-refractivity contribution in [1.82, 2.24) is 0 Å². The number of nitrogens with zero attached hydrogens (tertiary/aromatic N) is 1. The highest BCUT2D eigenvalue weighted by Gasteiger charge is 2.27. The molecular formula is C15H9NO2S. The molecule has 0 bridgehead atoms. The molecule has 0 amide bonds. The lowest BCUT2D eigenvalue weighted by molar-refractivity contribution is -0.133. The van der Waals surface area contributed by atoms with E-state index in [1.54, 1.807) is 12.1 Å². The summed E-state index contributed by atoms with van der Waals surface area (Å²) in [5.41, 5.74) is 2.91. The highest BCUT2D eigenvalue weighted by molar-refractivity contribution is 7.11. The monoisotopic (exact) mass is 267 g/mol. The molecule has 0 spiro atoms. The van der Waals surface area contributed by atoms with Crippen LogP contribution in [0, 0.1) is 11.3 Å². The molecule has 92 valence electrons. The van der Waals surface area contributed by atoms with Crippen LogP contribution in [0.1, 0.15) is 16.0 Å². The van der Waals surface area contributed by atoms with Crippen LogP contribution in [0.5, 0.6) is 0 Å². The second-order valence-electron chi connectivity index (χ2n) is 4.10. The molecule has 4 heteroatoms. The number of carbonyl (C=O) groups is 1. The van der Waals surface area contributed by atoms with Gasteiger partial charge >= 0.3 is 5.97 Å². The Morgan fingerprint density at radius 1 is 1.26 bits per heavy atom. The zero-order valence-corrected chi connectivity index (χ0v) is 10.7. The van der Waals surface area contributed by atoms with Gasteiger partial charge in [-0.2, -0.15) is 5.26 Å². The van der Waals surface area contributed by atoms with Crippen LogP contribution in [-0.4, -0.2) is 12.6 Å². The normalized spacial score (nSPS) is 14.4. The summed E-state index contributed by atoms with van der Waals surface area (Å²) in [5, 5.41) is 10.9. The number of benzene rings is 1. The number of nitriles is 1. The molecular weight excluding hydrogens is 258 g/mol. The van der Waals surface area contributed by atoms with Crippen molar-refractivity contribution in [3.8, 4) is 6.07 Å². The van der Waals surface area contributed by atoms with Crippen LogP contribution in [0.25, 0.3) is 11.1 Å². The fraction of sp³-hybridized carbons (Fsp3) is 0.0667. The summed E-state index contributed by atoms with van der Waals surface area (Å²) in [6.45, 7) is 0.265. The van der Waals surface area contributed by atoms with Crippen LogP contribution in [-0.2, 0) is 9.53 Å². The Bertz CT molecular complexity index is 708. The largest absolute Gasteiger partial charge is 0.457 e. The molecule has 0 atom stereocenters. The molecule has 0 radical (unpaired) electrons. The average molecular weight is 267 g/mol. The number of hydrogen-bond donors (Lipinski definition) is 0. The lowest BCUT2D eigenvalue weighted by atomic mass is 9.99. The van der Waals surface area contributed by atoms with E-state index in [0.717, 1.165) is 16.0 Å². The van der Waals surface area contributed by atoms with E-state index in [-0.39, 0.29) is 12.6 Å². The summed E-state index contributed by atoms with van der Waals surface area (Å²) in [6, 6.07) is 13.1. The Labute approximate surface area is 114 Å². The van der Waals surface area contributed by atoms with E-state index in [4.69, 9.17) is 10.00 Å². The Morgan fingerprint density at radius 3 is 2.89 bits per heavy atom. The molecule has 19 heavy (non-hydrogen) atoms. The summed E-state index contributed by atoms with van der Waals surface area (Å²) < 4.78 is 5.14. The van der Waals surface area contributed by atoms with Crippen LogP contribution >= 0.6 is 11.3 Å². The third-order valence-corrected chi connectivity index (χ3v) is 3.85. The van der Waals surface area contributed by atoms with Gasteiger partial charge in [-0.1, -0.05) is 18.2 Å². The number of ether oxygens (including phenoxy) is 1. The van der Waals surface area contributed by atoms with Gasteiger partial charge in [0.2, 0.25) is 0 Å². The second-order valence-corrected chi connectivity index (χ2v) is 5.05. The Hall–Kier alpha value is -2.38. The van der Waals surface area contributed by atoms with Crippen molar-refractivity contribution in [2.75, 3.05) is 6.61 Å². The summed E-state index contributed by atoms with van der Waals surface area (Å²) in [4.78, 5) is 12.8. The molecule has 0 unspecified atom stereocenters. The topological polar surface area (TPSA) is 50.1 Å². The molecule has 2 aromatic rings. The first kappa shape index (κ1) is 11.7. The van der Waals surface area contributed by atoms with E-state index in [1.165, 1.54) is 11.3 Å². The number of esters is 1.